The van der Waals surface area contributed by atoms with Crippen LogP contribution in [0.2, 0.25) is 0 Å². The highest BCUT2D eigenvalue weighted by Gasteiger charge is 2.14. The maximum atomic E-state index is 11.9. The fourth-order valence-corrected chi connectivity index (χ4v) is 2.59. The average molecular weight is 341 g/mol. The van der Waals surface area contributed by atoms with E-state index in [9.17, 15) is 4.79 Å². The molecule has 1 aromatic carbocycles. The summed E-state index contributed by atoms with van der Waals surface area (Å²) in [5, 5.41) is 6.36. The van der Waals surface area contributed by atoms with Crippen molar-refractivity contribution in [1.29, 1.82) is 0 Å². The smallest absolute Gasteiger partial charge is 0.224 e. The third kappa shape index (κ3) is 7.71. The zero-order valence-corrected chi connectivity index (χ0v) is 15.0. The summed E-state index contributed by atoms with van der Waals surface area (Å²) in [5.41, 5.74) is 1.02. The molecule has 0 saturated carbocycles. The highest BCUT2D eigenvalue weighted by molar-refractivity contribution is 5.85. The van der Waals surface area contributed by atoms with E-state index in [0.29, 0.717) is 12.3 Å². The molecule has 1 heterocycles. The van der Waals surface area contributed by atoms with E-state index in [-0.39, 0.29) is 18.3 Å². The lowest BCUT2D eigenvalue weighted by molar-refractivity contribution is -0.120. The predicted octanol–water partition coefficient (Wildman–Crippen LogP) is 2.80. The lowest BCUT2D eigenvalue weighted by Gasteiger charge is -2.10. The lowest BCUT2D eigenvalue weighted by Crippen LogP contribution is -2.27. The Labute approximate surface area is 145 Å². The Morgan fingerprint density at radius 3 is 2.70 bits per heavy atom. The number of hydrogen-bond acceptors (Lipinski definition) is 3. The molecule has 1 saturated heterocycles. The molecule has 1 aromatic rings. The quantitative estimate of drug-likeness (QED) is 0.765. The Balaban J connectivity index is 0.00000264. The van der Waals surface area contributed by atoms with Crippen LogP contribution in [0.3, 0.4) is 0 Å². The van der Waals surface area contributed by atoms with Gasteiger partial charge in [0.1, 0.15) is 5.75 Å². The summed E-state index contributed by atoms with van der Waals surface area (Å²) < 4.78 is 5.64. The highest BCUT2D eigenvalue weighted by Crippen LogP contribution is 2.14. The number of rotatable bonds is 8. The number of benzene rings is 1. The number of ether oxygens (including phenoxy) is 1. The van der Waals surface area contributed by atoms with Crippen LogP contribution < -0.4 is 15.4 Å². The molecule has 1 unspecified atom stereocenters. The second kappa shape index (κ2) is 10.5. The molecule has 1 aliphatic heterocycles. The molecule has 1 atom stereocenters. The molecule has 0 aromatic heterocycles. The van der Waals surface area contributed by atoms with Crippen molar-refractivity contribution in [3.63, 3.8) is 0 Å². The molecule has 130 valence electrons. The molecule has 23 heavy (non-hydrogen) atoms. The second-order valence-corrected chi connectivity index (χ2v) is 6.52. The first kappa shape index (κ1) is 19.8. The van der Waals surface area contributed by atoms with Crippen molar-refractivity contribution in [2.75, 3.05) is 26.2 Å². The summed E-state index contributed by atoms with van der Waals surface area (Å²) in [5.74, 6) is 2.20. The molecule has 2 N–H and O–H groups in total. The van der Waals surface area contributed by atoms with Gasteiger partial charge in [-0.2, -0.15) is 0 Å². The summed E-state index contributed by atoms with van der Waals surface area (Å²) >= 11 is 0. The fraction of sp³-hybridized carbons (Fsp3) is 0.611. The van der Waals surface area contributed by atoms with Gasteiger partial charge >= 0.3 is 0 Å². The van der Waals surface area contributed by atoms with Gasteiger partial charge in [-0.3, -0.25) is 4.79 Å². The van der Waals surface area contributed by atoms with Crippen LogP contribution in [-0.4, -0.2) is 32.1 Å². The van der Waals surface area contributed by atoms with Crippen molar-refractivity contribution in [3.05, 3.63) is 29.8 Å². The van der Waals surface area contributed by atoms with Gasteiger partial charge in [-0.05, 0) is 55.5 Å². The van der Waals surface area contributed by atoms with Crippen molar-refractivity contribution in [2.45, 2.75) is 33.1 Å². The second-order valence-electron chi connectivity index (χ2n) is 6.52. The molecular formula is C18H29ClN2O2. The summed E-state index contributed by atoms with van der Waals surface area (Å²) in [6.45, 7) is 7.95. The van der Waals surface area contributed by atoms with Crippen LogP contribution in [0.25, 0.3) is 0 Å². The SMILES string of the molecule is CC(C)COc1ccc(CC(=O)NCCC2CCNC2)cc1.Cl. The molecule has 0 bridgehead atoms. The number of nitrogens with one attached hydrogen (secondary N) is 2. The Bertz CT molecular complexity index is 457. The van der Waals surface area contributed by atoms with Gasteiger partial charge in [-0.15, -0.1) is 12.4 Å². The minimum Gasteiger partial charge on any atom is -0.493 e. The van der Waals surface area contributed by atoms with Crippen LogP contribution in [0.1, 0.15) is 32.3 Å². The topological polar surface area (TPSA) is 50.4 Å². The molecular weight excluding hydrogens is 312 g/mol. The zero-order valence-electron chi connectivity index (χ0n) is 14.1. The molecule has 0 radical (unpaired) electrons. The van der Waals surface area contributed by atoms with Gasteiger partial charge in [-0.1, -0.05) is 26.0 Å². The van der Waals surface area contributed by atoms with Crippen molar-refractivity contribution in [2.24, 2.45) is 11.8 Å². The maximum Gasteiger partial charge on any atom is 0.224 e. The zero-order chi connectivity index (χ0) is 15.8. The van der Waals surface area contributed by atoms with Crippen LogP contribution in [0, 0.1) is 11.8 Å². The van der Waals surface area contributed by atoms with Crippen LogP contribution >= 0.6 is 12.4 Å². The Hall–Kier alpha value is -1.26. The number of halogens is 1. The van der Waals surface area contributed by atoms with E-state index in [0.717, 1.165) is 49.9 Å². The largest absolute Gasteiger partial charge is 0.493 e. The normalized spacial score (nSPS) is 16.9. The molecule has 0 aliphatic carbocycles. The van der Waals surface area contributed by atoms with Crippen LogP contribution in [-0.2, 0) is 11.2 Å². The summed E-state index contributed by atoms with van der Waals surface area (Å²) in [6.07, 6.45) is 2.74. The average Bonchev–Trinajstić information content (AvgIpc) is 3.00. The summed E-state index contributed by atoms with van der Waals surface area (Å²) in [4.78, 5) is 11.9. The van der Waals surface area contributed by atoms with Crippen molar-refractivity contribution < 1.29 is 9.53 Å². The third-order valence-corrected chi connectivity index (χ3v) is 3.91. The Morgan fingerprint density at radius 1 is 1.35 bits per heavy atom. The van der Waals surface area contributed by atoms with Crippen molar-refractivity contribution >= 4 is 18.3 Å². The van der Waals surface area contributed by atoms with Gasteiger partial charge in [-0.25, -0.2) is 0 Å². The monoisotopic (exact) mass is 340 g/mol. The lowest BCUT2D eigenvalue weighted by atomic mass is 10.1. The Morgan fingerprint density at radius 2 is 2.09 bits per heavy atom. The molecule has 5 heteroatoms. The van der Waals surface area contributed by atoms with E-state index in [4.69, 9.17) is 4.74 Å². The van der Waals surface area contributed by atoms with Crippen LogP contribution in [0.5, 0.6) is 5.75 Å². The van der Waals surface area contributed by atoms with Crippen molar-refractivity contribution in [1.82, 2.24) is 10.6 Å². The highest BCUT2D eigenvalue weighted by atomic mass is 35.5. The first-order valence-electron chi connectivity index (χ1n) is 8.32. The first-order chi connectivity index (χ1) is 10.6. The fourth-order valence-electron chi connectivity index (χ4n) is 2.59. The van der Waals surface area contributed by atoms with Crippen LogP contribution in [0.4, 0.5) is 0 Å². The van der Waals surface area contributed by atoms with E-state index < -0.39 is 0 Å². The molecule has 1 amide bonds. The van der Waals surface area contributed by atoms with Gasteiger partial charge in [0, 0.05) is 6.54 Å². The molecule has 4 nitrogen and oxygen atoms in total. The molecule has 0 spiro atoms. The molecule has 2 rings (SSSR count). The first-order valence-corrected chi connectivity index (χ1v) is 8.32. The van der Waals surface area contributed by atoms with E-state index in [1.807, 2.05) is 24.3 Å². The summed E-state index contributed by atoms with van der Waals surface area (Å²) in [7, 11) is 0. The third-order valence-electron chi connectivity index (χ3n) is 3.91. The van der Waals surface area contributed by atoms with Gasteiger partial charge in [0.05, 0.1) is 13.0 Å². The van der Waals surface area contributed by atoms with E-state index >= 15 is 0 Å². The minimum atomic E-state index is 0. The van der Waals surface area contributed by atoms with Gasteiger partial charge in [0.15, 0.2) is 0 Å². The van der Waals surface area contributed by atoms with Crippen LogP contribution in [0.15, 0.2) is 24.3 Å². The predicted molar refractivity (Wildman–Crippen MR) is 96.3 cm³/mol. The van der Waals surface area contributed by atoms with Crippen molar-refractivity contribution in [3.8, 4) is 5.75 Å². The number of carbonyl (C=O) groups excluding carboxylic acids is 1. The van der Waals surface area contributed by atoms with E-state index in [1.54, 1.807) is 0 Å². The standard InChI is InChI=1S/C18H28N2O2.ClH/c1-14(2)13-22-17-5-3-15(4-6-17)11-18(21)20-10-8-16-7-9-19-12-16;/h3-6,14,16,19H,7-13H2,1-2H3,(H,20,21);1H. The van der Waals surface area contributed by atoms with E-state index in [2.05, 4.69) is 24.5 Å². The number of amides is 1. The molecule has 1 fully saturated rings. The summed E-state index contributed by atoms with van der Waals surface area (Å²) in [6, 6.07) is 7.82. The maximum absolute atomic E-state index is 11.9. The minimum absolute atomic E-state index is 0. The Kier molecular flexibility index (Phi) is 9.03. The van der Waals surface area contributed by atoms with Gasteiger partial charge < -0.3 is 15.4 Å². The van der Waals surface area contributed by atoms with E-state index in [1.165, 1.54) is 6.42 Å². The van der Waals surface area contributed by atoms with Gasteiger partial charge in [0.2, 0.25) is 5.91 Å². The number of hydrogen-bond donors (Lipinski definition) is 2. The van der Waals surface area contributed by atoms with Gasteiger partial charge in [0.25, 0.3) is 0 Å². The molecule has 1 aliphatic rings. The number of carbonyl (C=O) groups is 1.